The molecule has 52 heavy (non-hydrogen) atoms. The molecule has 256 valence electrons. The lowest BCUT2D eigenvalue weighted by molar-refractivity contribution is 0.414. The second kappa shape index (κ2) is 15.9. The van der Waals surface area contributed by atoms with E-state index in [0.717, 1.165) is 72.0 Å². The first-order chi connectivity index (χ1) is 25.4. The van der Waals surface area contributed by atoms with Gasteiger partial charge >= 0.3 is 0 Å². The van der Waals surface area contributed by atoms with E-state index < -0.39 is 0 Å². The van der Waals surface area contributed by atoms with Gasteiger partial charge in [-0.1, -0.05) is 24.3 Å². The molecule has 4 aromatic carbocycles. The fourth-order valence-corrected chi connectivity index (χ4v) is 6.08. The molecule has 4 N–H and O–H groups in total. The summed E-state index contributed by atoms with van der Waals surface area (Å²) in [6.07, 6.45) is 3.49. The van der Waals surface area contributed by atoms with Crippen LogP contribution in [0, 0.1) is 11.3 Å². The number of aromatic nitrogens is 6. The number of rotatable bonds is 9. The van der Waals surface area contributed by atoms with Crippen molar-refractivity contribution in [2.24, 2.45) is 0 Å². The van der Waals surface area contributed by atoms with E-state index >= 15 is 0 Å². The Kier molecular flexibility index (Phi) is 10.5. The Hall–Kier alpha value is -6.03. The summed E-state index contributed by atoms with van der Waals surface area (Å²) in [6, 6.07) is 38.0. The maximum Gasteiger partial charge on any atom is 0.178 e. The zero-order valence-electron chi connectivity index (χ0n) is 27.9. The Morgan fingerprint density at radius 2 is 1.17 bits per heavy atom. The van der Waals surface area contributed by atoms with Crippen molar-refractivity contribution in [3.05, 3.63) is 147 Å². The largest absolute Gasteiger partial charge is 0.497 e. The number of benzene rings is 4. The number of H-pyrrole nitrogens is 2. The van der Waals surface area contributed by atoms with Crippen molar-refractivity contribution in [1.29, 1.82) is 5.26 Å². The van der Waals surface area contributed by atoms with Crippen LogP contribution in [0.5, 0.6) is 5.75 Å². The van der Waals surface area contributed by atoms with Gasteiger partial charge < -0.3 is 25.3 Å². The van der Waals surface area contributed by atoms with Crippen molar-refractivity contribution in [3.8, 4) is 34.6 Å². The number of hydrogen-bond acceptors (Lipinski definition) is 8. The minimum absolute atomic E-state index is 0.664. The smallest absolute Gasteiger partial charge is 0.178 e. The topological polar surface area (TPSA) is 140 Å². The highest BCUT2D eigenvalue weighted by molar-refractivity contribution is 9.10. The molecular formula is C40H31Br2N9O. The van der Waals surface area contributed by atoms with E-state index in [-0.39, 0.29) is 0 Å². The molecule has 0 amide bonds. The molecule has 0 aliphatic rings. The third-order valence-corrected chi connectivity index (χ3v) is 9.00. The molecule has 0 aliphatic heterocycles. The Labute approximate surface area is 316 Å². The third kappa shape index (κ3) is 8.46. The number of ether oxygens (including phenoxy) is 1. The van der Waals surface area contributed by atoms with E-state index in [2.05, 4.69) is 103 Å². The molecule has 0 aliphatic carbocycles. The molecule has 0 spiro atoms. The molecule has 4 aromatic heterocycles. The quantitative estimate of drug-likeness (QED) is 0.113. The number of imidazole rings is 2. The predicted molar refractivity (Wildman–Crippen MR) is 213 cm³/mol. The summed E-state index contributed by atoms with van der Waals surface area (Å²) in [5, 5.41) is 15.8. The number of anilines is 2. The lowest BCUT2D eigenvalue weighted by Crippen LogP contribution is -1.99. The summed E-state index contributed by atoms with van der Waals surface area (Å²) in [5.41, 5.74) is 10.2. The maximum absolute atomic E-state index is 8.97. The number of hydrogen-bond donors (Lipinski definition) is 4. The van der Waals surface area contributed by atoms with Crippen LogP contribution in [-0.4, -0.2) is 37.0 Å². The van der Waals surface area contributed by atoms with Gasteiger partial charge in [0.25, 0.3) is 0 Å². The molecule has 4 heterocycles. The van der Waals surface area contributed by atoms with Crippen LogP contribution in [0.2, 0.25) is 0 Å². The Morgan fingerprint density at radius 3 is 1.67 bits per heavy atom. The Bertz CT molecular complexity index is 2490. The van der Waals surface area contributed by atoms with Crippen molar-refractivity contribution in [2.75, 3.05) is 17.7 Å². The first-order valence-corrected chi connectivity index (χ1v) is 17.8. The lowest BCUT2D eigenvalue weighted by atomic mass is 10.1. The maximum atomic E-state index is 8.97. The highest BCUT2D eigenvalue weighted by atomic mass is 79.9. The summed E-state index contributed by atoms with van der Waals surface area (Å²) in [7, 11) is 1.67. The fourth-order valence-electron chi connectivity index (χ4n) is 5.42. The second-order valence-electron chi connectivity index (χ2n) is 11.7. The van der Waals surface area contributed by atoms with Crippen LogP contribution in [-0.2, 0) is 13.1 Å². The van der Waals surface area contributed by atoms with Crippen LogP contribution in [0.4, 0.5) is 11.4 Å². The van der Waals surface area contributed by atoms with Crippen LogP contribution in [0.1, 0.15) is 16.7 Å². The molecule has 8 rings (SSSR count). The summed E-state index contributed by atoms with van der Waals surface area (Å²) in [6.45, 7) is 1.42. The van der Waals surface area contributed by atoms with E-state index in [9.17, 15) is 0 Å². The van der Waals surface area contributed by atoms with Crippen LogP contribution in [0.3, 0.4) is 0 Å². The SMILES string of the molecule is COc1ccc(CNc2ccc(-c3nc4ncc(Br)cc4[nH]3)cc2)cc1.N#Cc1cccc(CNc2ccc(-c3nc4ncc(Br)cc4[nH]3)cc2)c1. The number of pyridine rings is 2. The Morgan fingerprint density at radius 1 is 0.654 bits per heavy atom. The molecule has 0 bridgehead atoms. The van der Waals surface area contributed by atoms with Gasteiger partial charge in [0.1, 0.15) is 17.4 Å². The van der Waals surface area contributed by atoms with Gasteiger partial charge in [0.05, 0.1) is 29.8 Å². The summed E-state index contributed by atoms with van der Waals surface area (Å²) >= 11 is 6.84. The lowest BCUT2D eigenvalue weighted by Gasteiger charge is -2.08. The van der Waals surface area contributed by atoms with Crippen molar-refractivity contribution in [3.63, 3.8) is 0 Å². The minimum Gasteiger partial charge on any atom is -0.497 e. The highest BCUT2D eigenvalue weighted by Crippen LogP contribution is 2.25. The van der Waals surface area contributed by atoms with Gasteiger partial charge in [-0.15, -0.1) is 0 Å². The third-order valence-electron chi connectivity index (χ3n) is 8.13. The van der Waals surface area contributed by atoms with Crippen LogP contribution in [0.25, 0.3) is 45.1 Å². The van der Waals surface area contributed by atoms with Crippen LogP contribution < -0.4 is 15.4 Å². The van der Waals surface area contributed by atoms with Crippen LogP contribution in [0.15, 0.2) is 131 Å². The molecule has 10 nitrogen and oxygen atoms in total. The van der Waals surface area contributed by atoms with Gasteiger partial charge in [-0.3, -0.25) is 0 Å². The average Bonchev–Trinajstić information content (AvgIpc) is 3.81. The molecule has 0 unspecified atom stereocenters. The zero-order valence-corrected chi connectivity index (χ0v) is 31.0. The summed E-state index contributed by atoms with van der Waals surface area (Å²) < 4.78 is 7.02. The number of nitrogens with zero attached hydrogens (tertiary/aromatic N) is 5. The van der Waals surface area contributed by atoms with E-state index in [1.165, 1.54) is 5.56 Å². The summed E-state index contributed by atoms with van der Waals surface area (Å²) in [5.74, 6) is 2.47. The van der Waals surface area contributed by atoms with E-state index in [1.807, 2.05) is 78.9 Å². The molecule has 0 saturated heterocycles. The average molecular weight is 814 g/mol. The van der Waals surface area contributed by atoms with Crippen molar-refractivity contribution >= 4 is 65.6 Å². The van der Waals surface area contributed by atoms with Gasteiger partial charge in [0.2, 0.25) is 0 Å². The van der Waals surface area contributed by atoms with E-state index in [1.54, 1.807) is 25.6 Å². The van der Waals surface area contributed by atoms with E-state index in [4.69, 9.17) is 10.00 Å². The molecule has 0 atom stereocenters. The molecule has 8 aromatic rings. The van der Waals surface area contributed by atoms with Crippen molar-refractivity contribution in [2.45, 2.75) is 13.1 Å². The van der Waals surface area contributed by atoms with Gasteiger partial charge in [0, 0.05) is 56.9 Å². The molecule has 0 fully saturated rings. The van der Waals surface area contributed by atoms with Gasteiger partial charge in [-0.25, -0.2) is 19.9 Å². The Balaban J connectivity index is 0.000000162. The van der Waals surface area contributed by atoms with Crippen LogP contribution >= 0.6 is 31.9 Å². The molecule has 12 heteroatoms. The summed E-state index contributed by atoms with van der Waals surface area (Å²) in [4.78, 5) is 24.3. The number of nitrogens with one attached hydrogen (secondary N) is 4. The molecular weight excluding hydrogens is 782 g/mol. The zero-order chi connectivity index (χ0) is 35.9. The molecule has 0 saturated carbocycles. The number of methoxy groups -OCH3 is 1. The predicted octanol–water partition coefficient (Wildman–Crippen LogP) is 9.88. The first-order valence-electron chi connectivity index (χ1n) is 16.3. The van der Waals surface area contributed by atoms with Gasteiger partial charge in [-0.05, 0) is 128 Å². The number of fused-ring (bicyclic) bond motifs is 2. The number of halogens is 2. The van der Waals surface area contributed by atoms with Crippen molar-refractivity contribution in [1.82, 2.24) is 29.9 Å². The second-order valence-corrected chi connectivity index (χ2v) is 13.6. The molecule has 0 radical (unpaired) electrons. The van der Waals surface area contributed by atoms with Gasteiger partial charge in [0.15, 0.2) is 11.3 Å². The van der Waals surface area contributed by atoms with Crippen molar-refractivity contribution < 1.29 is 4.74 Å². The fraction of sp³-hybridized carbons (Fsp3) is 0.0750. The van der Waals surface area contributed by atoms with Gasteiger partial charge in [-0.2, -0.15) is 5.26 Å². The first kappa shape index (κ1) is 34.4. The minimum atomic E-state index is 0.664. The number of nitriles is 1. The number of aromatic amines is 2. The normalized spacial score (nSPS) is 10.7. The van der Waals surface area contributed by atoms with E-state index in [0.29, 0.717) is 23.4 Å². The standard InChI is InChI=1S/C20H14BrN5.C20H17BrN4O/c21-16-9-18-20(24-12-16)26-19(25-18)15-4-6-17(7-5-15)23-11-14-3-1-2-13(8-14)10-22;1-26-17-8-2-13(3-9-17)11-22-16-6-4-14(5-7-16)19-24-18-10-15(21)12-23-20(18)25-19/h1-9,12,23H,11H2,(H,24,25,26);2-10,12,22H,11H2,1H3,(H,23,24,25). The monoisotopic (exact) mass is 811 g/mol. The highest BCUT2D eigenvalue weighted by Gasteiger charge is 2.08.